The number of alkyl carbamates (subject to hydrolysis) is 1. The van der Waals surface area contributed by atoms with Crippen molar-refractivity contribution >= 4 is 122 Å². The fourth-order valence-corrected chi connectivity index (χ4v) is 16.7. The summed E-state index contributed by atoms with van der Waals surface area (Å²) >= 11 is 12.8. The number of carbonyl (C=O) groups is 2. The minimum Gasteiger partial charge on any atom is -1.00 e. The molecule has 9 heterocycles. The first-order valence-corrected chi connectivity index (χ1v) is 40.7. The van der Waals surface area contributed by atoms with Crippen LogP contribution in [0.25, 0.3) is 40.9 Å². The first kappa shape index (κ1) is 88.6. The van der Waals surface area contributed by atoms with Gasteiger partial charge in [0.15, 0.2) is 0 Å². The van der Waals surface area contributed by atoms with Crippen LogP contribution in [0.1, 0.15) is 264 Å². The van der Waals surface area contributed by atoms with E-state index in [9.17, 15) is 9.59 Å². The van der Waals surface area contributed by atoms with Crippen LogP contribution in [0.2, 0.25) is 5.15 Å². The Morgan fingerprint density at radius 2 is 0.856 bits per heavy atom. The van der Waals surface area contributed by atoms with Crippen LogP contribution in [0.4, 0.5) is 4.79 Å². The minimum absolute atomic E-state index is 0. The fraction of sp³-hybridized carbons (Fsp3) is 0.662. The van der Waals surface area contributed by atoms with Crippen molar-refractivity contribution in [2.75, 3.05) is 27.3 Å². The molecule has 0 spiro atoms. The number of halogens is 2. The second kappa shape index (κ2) is 42.6. The molecule has 0 radical (unpaired) electrons. The van der Waals surface area contributed by atoms with E-state index >= 15 is 0 Å². The summed E-state index contributed by atoms with van der Waals surface area (Å²) in [6.45, 7) is 30.8. The molecule has 0 aromatic carbocycles. The third-order valence-corrected chi connectivity index (χ3v) is 24.1. The molecule has 5 fully saturated rings. The number of esters is 1. The van der Waals surface area contributed by atoms with Crippen molar-refractivity contribution in [3.63, 3.8) is 0 Å². The van der Waals surface area contributed by atoms with E-state index in [0.29, 0.717) is 65.2 Å². The van der Waals surface area contributed by atoms with Crippen molar-refractivity contribution in [1.82, 2.24) is 50.1 Å². The Morgan fingerprint density at radius 1 is 0.519 bits per heavy atom. The van der Waals surface area contributed by atoms with Gasteiger partial charge in [-0.3, -0.25) is 4.79 Å². The number of nitrogens with two attached hydrogens (primary N) is 2. The molecule has 5 N–H and O–H groups in total. The van der Waals surface area contributed by atoms with Crippen molar-refractivity contribution in [3.8, 4) is 17.6 Å². The number of rotatable bonds is 14. The van der Waals surface area contributed by atoms with Crippen molar-refractivity contribution in [2.24, 2.45) is 17.4 Å². The van der Waals surface area contributed by atoms with E-state index in [1.807, 2.05) is 41.5 Å². The average molecular weight is 1560 g/mol. The first-order valence-electron chi connectivity index (χ1n) is 37.0. The maximum Gasteiger partial charge on any atom is 1.00 e. The number of hydrogen-bond acceptors (Lipinski definition) is 23. The molecule has 0 atom stereocenters. The van der Waals surface area contributed by atoms with Crippen LogP contribution in [0.5, 0.6) is 17.6 Å². The van der Waals surface area contributed by atoms with Crippen LogP contribution in [-0.2, 0) is 19.0 Å². The summed E-state index contributed by atoms with van der Waals surface area (Å²) < 4.78 is 34.1. The molecule has 104 heavy (non-hydrogen) atoms. The minimum atomic E-state index is -0.421. The van der Waals surface area contributed by atoms with E-state index in [-0.39, 0.29) is 79.8 Å². The molecule has 1 saturated heterocycles. The third-order valence-electron chi connectivity index (χ3n) is 18.4. The molecule has 27 heteroatoms. The van der Waals surface area contributed by atoms with Gasteiger partial charge in [0.2, 0.25) is 17.6 Å². The van der Waals surface area contributed by atoms with Crippen LogP contribution in [-0.4, -0.2) is 138 Å². The second-order valence-corrected chi connectivity index (χ2v) is 35.7. The van der Waals surface area contributed by atoms with Gasteiger partial charge in [0, 0.05) is 68.7 Å². The van der Waals surface area contributed by atoms with Crippen molar-refractivity contribution < 1.29 is 69.0 Å². The average Bonchev–Trinajstić information content (AvgIpc) is 1.70. The van der Waals surface area contributed by atoms with Gasteiger partial charge in [-0.25, -0.2) is 44.7 Å². The summed E-state index contributed by atoms with van der Waals surface area (Å²) in [4.78, 5) is 69.5. The summed E-state index contributed by atoms with van der Waals surface area (Å²) in [5.74, 6) is 4.51. The number of aromatic nitrogens is 8. The van der Waals surface area contributed by atoms with Gasteiger partial charge in [-0.05, 0) is 225 Å². The molecule has 4 saturated carbocycles. The quantitative estimate of drug-likeness (QED) is 0.0519. The molecule has 8 aromatic rings. The van der Waals surface area contributed by atoms with Crippen LogP contribution < -0.4 is 60.6 Å². The van der Waals surface area contributed by atoms with Gasteiger partial charge in [0.05, 0.1) is 16.2 Å². The van der Waals surface area contributed by atoms with E-state index in [1.54, 1.807) is 64.3 Å². The monoisotopic (exact) mass is 1560 g/mol. The second-order valence-electron chi connectivity index (χ2n) is 31.1. The number of nitrogens with zero attached hydrogens (tertiary/aromatic N) is 9. The molecular formula is C77H117Cl2N12NaO8S4. The maximum atomic E-state index is 12.0. The molecule has 0 bridgehead atoms. The number of nitrogens with one attached hydrogen (secondary N) is 1. The van der Waals surface area contributed by atoms with Gasteiger partial charge in [-0.1, -0.05) is 67.0 Å². The largest absolute Gasteiger partial charge is 1.00 e. The van der Waals surface area contributed by atoms with E-state index in [4.69, 9.17) is 51.5 Å². The Bertz CT molecular complexity index is 3860. The van der Waals surface area contributed by atoms with Gasteiger partial charge < -0.3 is 51.5 Å². The van der Waals surface area contributed by atoms with Crippen LogP contribution >= 0.6 is 69.4 Å². The Labute approximate surface area is 668 Å². The van der Waals surface area contributed by atoms with E-state index in [2.05, 4.69) is 144 Å². The van der Waals surface area contributed by atoms with Crippen molar-refractivity contribution in [3.05, 3.63) is 74.2 Å². The SMILES string of the molecule is C1CCOC1.CC(C)(C)OC(=O)NC1CCC(N)CC1.CC(C)c1cc2c(Cl)ncnc2s1.CC(C)c1cc2c(OC3CCC(CC(=O)OC(C)(C)C)CC3)ncnc2s1.CC(C)c1cc2c(OC3CCC(N(C)C)CC3)ncnc2s1.CC(C)c1cc2c(OC3CCC(N)CC3)ncnc2s1.Cl.[H-].[Na+]. The number of thiophene rings is 4. The molecule has 1 amide bonds. The van der Waals surface area contributed by atoms with Gasteiger partial charge in [0.1, 0.15) is 79.3 Å². The van der Waals surface area contributed by atoms with E-state index < -0.39 is 11.2 Å². The molecule has 5 aliphatic rings. The van der Waals surface area contributed by atoms with Crippen LogP contribution in [0.15, 0.2) is 49.6 Å². The smallest absolute Gasteiger partial charge is 1.00 e. The Balaban J connectivity index is 0.000000234. The summed E-state index contributed by atoms with van der Waals surface area (Å²) in [5.41, 5.74) is 10.9. The summed E-state index contributed by atoms with van der Waals surface area (Å²) in [6, 6.07) is 10.2. The van der Waals surface area contributed by atoms with Gasteiger partial charge in [-0.15, -0.1) is 57.8 Å². The molecule has 13 rings (SSSR count). The number of hydrogen-bond donors (Lipinski definition) is 3. The number of carbonyl (C=O) groups excluding carboxylic acids is 2. The molecule has 572 valence electrons. The first-order chi connectivity index (χ1) is 48.4. The molecule has 20 nitrogen and oxygen atoms in total. The summed E-state index contributed by atoms with van der Waals surface area (Å²) in [5, 5.41) is 7.54. The van der Waals surface area contributed by atoms with Crippen molar-refractivity contribution in [1.29, 1.82) is 0 Å². The topological polar surface area (TPSA) is 260 Å². The fourth-order valence-electron chi connectivity index (χ4n) is 12.5. The zero-order chi connectivity index (χ0) is 73.8. The van der Waals surface area contributed by atoms with E-state index in [1.165, 1.54) is 51.5 Å². The van der Waals surface area contributed by atoms with Crippen molar-refractivity contribution in [2.45, 2.75) is 296 Å². The Kier molecular flexibility index (Phi) is 36.3. The molecular weight excluding hydrogens is 1440 g/mol. The predicted octanol–water partition coefficient (Wildman–Crippen LogP) is 16.6. The summed E-state index contributed by atoms with van der Waals surface area (Å²) in [7, 11) is 4.33. The summed E-state index contributed by atoms with van der Waals surface area (Å²) in [6.07, 6.45) is 26.2. The number of amides is 1. The van der Waals surface area contributed by atoms with Crippen LogP contribution in [0, 0.1) is 5.92 Å². The molecule has 0 unspecified atom stereocenters. The molecule has 8 aromatic heterocycles. The molecule has 1 aliphatic heterocycles. The normalized spacial score (nSPS) is 21.2. The Morgan fingerprint density at radius 3 is 1.19 bits per heavy atom. The Hall–Kier alpha value is -4.28. The molecule has 4 aliphatic carbocycles. The van der Waals surface area contributed by atoms with E-state index in [0.717, 1.165) is 156 Å². The maximum absolute atomic E-state index is 12.0. The zero-order valence-electron chi connectivity index (χ0n) is 65.8. The van der Waals surface area contributed by atoms with Crippen LogP contribution in [0.3, 0.4) is 0 Å². The van der Waals surface area contributed by atoms with Gasteiger partial charge in [-0.2, -0.15) is 0 Å². The number of ether oxygens (including phenoxy) is 6. The standard InChI is InChI=1S/C21H30N2O3S.C17H25N3OS.C15H21N3OS.C11H22N2O2.C9H9ClN2S.C4H8O.ClH.Na.H/c1-13(2)17-11-16-19(22-12-23-20(16)27-17)25-15-8-6-14(7-9-15)10-18(24)26-21(3,4)5;1-11(2)15-9-14-16(18-10-19-17(14)22-15)21-13-7-5-12(6-8-13)20(3)4;1-9(2)13-7-12-14(17-8-18-15(12)20-13)19-11-5-3-10(16)4-6-11;1-11(2,3)15-10(14)13-9-6-4-8(12)5-7-9;1-5(2)7-3-6-8(10)11-4-12-9(6)13-7;1-2-4-5-3-1;;;/h11-15H,6-10H2,1-5H3;9-13H,5-8H2,1-4H3;7-11H,3-6,16H2,1-2H3;8-9H,4-7,12H2,1-3H3,(H,13,14);3-5H,1-2H3;1-4H2;1H;;/q;;;;;;;+1;-1. The third kappa shape index (κ3) is 28.6. The number of fused-ring (bicyclic) bond motifs is 4. The predicted molar refractivity (Wildman–Crippen MR) is 427 cm³/mol. The zero-order valence-corrected chi connectivity index (χ0v) is 71.6. The van der Waals surface area contributed by atoms with Gasteiger partial charge in [0.25, 0.3) is 0 Å². The van der Waals surface area contributed by atoms with Gasteiger partial charge >= 0.3 is 41.6 Å².